The lowest BCUT2D eigenvalue weighted by molar-refractivity contribution is 0.0458. The van der Waals surface area contributed by atoms with E-state index in [1.54, 1.807) is 22.8 Å². The SMILES string of the molecule is CCOc1cc(N)cc(C(=O)OCc2nnc(C)n2C)c1. The van der Waals surface area contributed by atoms with Crippen LogP contribution in [-0.4, -0.2) is 27.3 Å². The number of carbonyl (C=O) groups is 1. The Morgan fingerprint density at radius 2 is 2.10 bits per heavy atom. The number of ether oxygens (including phenoxy) is 2. The fourth-order valence-electron chi connectivity index (χ4n) is 1.78. The molecule has 1 aromatic carbocycles. The number of benzene rings is 1. The van der Waals surface area contributed by atoms with Crippen LogP contribution in [-0.2, 0) is 18.4 Å². The first-order chi connectivity index (χ1) is 10.0. The lowest BCUT2D eigenvalue weighted by atomic mass is 10.2. The van der Waals surface area contributed by atoms with E-state index in [1.807, 2.05) is 20.9 Å². The highest BCUT2D eigenvalue weighted by Gasteiger charge is 2.13. The van der Waals surface area contributed by atoms with E-state index >= 15 is 0 Å². The maximum atomic E-state index is 12.1. The molecule has 0 aliphatic rings. The van der Waals surface area contributed by atoms with Crippen molar-refractivity contribution in [3.8, 4) is 5.75 Å². The molecule has 0 unspecified atom stereocenters. The fraction of sp³-hybridized carbons (Fsp3) is 0.357. The van der Waals surface area contributed by atoms with Crippen molar-refractivity contribution in [1.29, 1.82) is 0 Å². The molecule has 2 rings (SSSR count). The summed E-state index contributed by atoms with van der Waals surface area (Å²) in [5, 5.41) is 7.83. The van der Waals surface area contributed by atoms with Crippen LogP contribution in [0.2, 0.25) is 0 Å². The summed E-state index contributed by atoms with van der Waals surface area (Å²) < 4.78 is 12.3. The summed E-state index contributed by atoms with van der Waals surface area (Å²) in [5.41, 5.74) is 6.54. The summed E-state index contributed by atoms with van der Waals surface area (Å²) in [7, 11) is 1.81. The van der Waals surface area contributed by atoms with Crippen LogP contribution in [0, 0.1) is 6.92 Å². The predicted molar refractivity (Wildman–Crippen MR) is 76.9 cm³/mol. The maximum Gasteiger partial charge on any atom is 0.338 e. The maximum absolute atomic E-state index is 12.1. The van der Waals surface area contributed by atoms with Crippen LogP contribution in [0.15, 0.2) is 18.2 Å². The highest BCUT2D eigenvalue weighted by molar-refractivity contribution is 5.91. The van der Waals surface area contributed by atoms with Crippen LogP contribution in [0.3, 0.4) is 0 Å². The van der Waals surface area contributed by atoms with Crippen molar-refractivity contribution in [3.63, 3.8) is 0 Å². The van der Waals surface area contributed by atoms with Crippen LogP contribution < -0.4 is 10.5 Å². The number of hydrogen-bond acceptors (Lipinski definition) is 6. The first-order valence-corrected chi connectivity index (χ1v) is 6.56. The van der Waals surface area contributed by atoms with Crippen LogP contribution >= 0.6 is 0 Å². The largest absolute Gasteiger partial charge is 0.494 e. The van der Waals surface area contributed by atoms with Gasteiger partial charge in [-0.05, 0) is 26.0 Å². The molecule has 0 fully saturated rings. The molecule has 0 radical (unpaired) electrons. The Bertz CT molecular complexity index is 652. The Balaban J connectivity index is 2.08. The van der Waals surface area contributed by atoms with Crippen LogP contribution in [0.25, 0.3) is 0 Å². The minimum atomic E-state index is -0.482. The van der Waals surface area contributed by atoms with Crippen molar-refractivity contribution >= 4 is 11.7 Å². The molecule has 7 nitrogen and oxygen atoms in total. The third kappa shape index (κ3) is 3.50. The number of nitrogens with two attached hydrogens (primary N) is 1. The van der Waals surface area contributed by atoms with E-state index in [4.69, 9.17) is 15.2 Å². The van der Waals surface area contributed by atoms with Crippen molar-refractivity contribution in [2.45, 2.75) is 20.5 Å². The average Bonchev–Trinajstić information content (AvgIpc) is 2.76. The van der Waals surface area contributed by atoms with Crippen molar-refractivity contribution in [3.05, 3.63) is 35.4 Å². The monoisotopic (exact) mass is 290 g/mol. The normalized spacial score (nSPS) is 10.4. The molecule has 1 aromatic heterocycles. The van der Waals surface area contributed by atoms with E-state index in [-0.39, 0.29) is 6.61 Å². The van der Waals surface area contributed by atoms with Gasteiger partial charge in [-0.2, -0.15) is 0 Å². The van der Waals surface area contributed by atoms with E-state index in [9.17, 15) is 4.79 Å². The van der Waals surface area contributed by atoms with E-state index in [0.29, 0.717) is 29.4 Å². The van der Waals surface area contributed by atoms with Gasteiger partial charge in [-0.25, -0.2) is 4.79 Å². The summed E-state index contributed by atoms with van der Waals surface area (Å²) in [5.74, 6) is 1.39. The van der Waals surface area contributed by atoms with E-state index in [1.165, 1.54) is 0 Å². The highest BCUT2D eigenvalue weighted by Crippen LogP contribution is 2.20. The summed E-state index contributed by atoms with van der Waals surface area (Å²) in [4.78, 5) is 12.1. The van der Waals surface area contributed by atoms with Crippen molar-refractivity contribution in [2.24, 2.45) is 7.05 Å². The summed E-state index contributed by atoms with van der Waals surface area (Å²) in [6, 6.07) is 4.81. The van der Waals surface area contributed by atoms with Gasteiger partial charge in [0.1, 0.15) is 11.6 Å². The summed E-state index contributed by atoms with van der Waals surface area (Å²) in [6.45, 7) is 4.23. The van der Waals surface area contributed by atoms with Gasteiger partial charge in [-0.1, -0.05) is 0 Å². The second-order valence-electron chi connectivity index (χ2n) is 4.52. The van der Waals surface area contributed by atoms with Gasteiger partial charge < -0.3 is 19.8 Å². The first kappa shape index (κ1) is 14.8. The second-order valence-corrected chi connectivity index (χ2v) is 4.52. The van der Waals surface area contributed by atoms with E-state index in [2.05, 4.69) is 10.2 Å². The molecule has 1 heterocycles. The zero-order valence-corrected chi connectivity index (χ0v) is 12.3. The molecule has 0 aliphatic carbocycles. The number of rotatable bonds is 5. The van der Waals surface area contributed by atoms with Gasteiger partial charge in [0.15, 0.2) is 12.4 Å². The minimum absolute atomic E-state index is 0.0505. The summed E-state index contributed by atoms with van der Waals surface area (Å²) >= 11 is 0. The second kappa shape index (κ2) is 6.25. The Hall–Kier alpha value is -2.57. The molecular formula is C14H18N4O3. The van der Waals surface area contributed by atoms with Gasteiger partial charge in [0, 0.05) is 18.8 Å². The third-order valence-corrected chi connectivity index (χ3v) is 2.99. The topological polar surface area (TPSA) is 92.3 Å². The van der Waals surface area contributed by atoms with Gasteiger partial charge in [-0.3, -0.25) is 0 Å². The number of nitrogens with zero attached hydrogens (tertiary/aromatic N) is 3. The van der Waals surface area contributed by atoms with Crippen LogP contribution in [0.4, 0.5) is 5.69 Å². The molecule has 112 valence electrons. The lowest BCUT2D eigenvalue weighted by Crippen LogP contribution is -2.09. The average molecular weight is 290 g/mol. The lowest BCUT2D eigenvalue weighted by Gasteiger charge is -2.08. The number of carbonyl (C=O) groups excluding carboxylic acids is 1. The Morgan fingerprint density at radius 3 is 2.71 bits per heavy atom. The van der Waals surface area contributed by atoms with Gasteiger partial charge in [-0.15, -0.1) is 10.2 Å². The molecule has 0 saturated carbocycles. The predicted octanol–water partition coefficient (Wildman–Crippen LogP) is 1.46. The van der Waals surface area contributed by atoms with Gasteiger partial charge in [0.2, 0.25) is 0 Å². The number of aromatic nitrogens is 3. The van der Waals surface area contributed by atoms with E-state index < -0.39 is 5.97 Å². The quantitative estimate of drug-likeness (QED) is 0.662. The van der Waals surface area contributed by atoms with Gasteiger partial charge >= 0.3 is 5.97 Å². The molecule has 0 bridgehead atoms. The molecule has 0 saturated heterocycles. The third-order valence-electron chi connectivity index (χ3n) is 2.99. The van der Waals surface area contributed by atoms with Crippen LogP contribution in [0.5, 0.6) is 5.75 Å². The van der Waals surface area contributed by atoms with Crippen LogP contribution in [0.1, 0.15) is 28.9 Å². The van der Waals surface area contributed by atoms with Crippen molar-refractivity contribution < 1.29 is 14.3 Å². The molecule has 2 aromatic rings. The molecule has 7 heteroatoms. The van der Waals surface area contributed by atoms with Crippen molar-refractivity contribution in [1.82, 2.24) is 14.8 Å². The highest BCUT2D eigenvalue weighted by atomic mass is 16.5. The summed E-state index contributed by atoms with van der Waals surface area (Å²) in [6.07, 6.45) is 0. The molecule has 0 spiro atoms. The molecule has 2 N–H and O–H groups in total. The Labute approximate surface area is 122 Å². The van der Waals surface area contributed by atoms with Gasteiger partial charge in [0.25, 0.3) is 0 Å². The number of nitrogen functional groups attached to an aromatic ring is 1. The molecule has 0 atom stereocenters. The number of anilines is 1. The Kier molecular flexibility index (Phi) is 4.42. The first-order valence-electron chi connectivity index (χ1n) is 6.56. The molecule has 0 amide bonds. The van der Waals surface area contributed by atoms with Crippen molar-refractivity contribution in [2.75, 3.05) is 12.3 Å². The Morgan fingerprint density at radius 1 is 1.33 bits per heavy atom. The number of hydrogen-bond donors (Lipinski definition) is 1. The van der Waals surface area contributed by atoms with Gasteiger partial charge in [0.05, 0.1) is 12.2 Å². The molecular weight excluding hydrogens is 272 g/mol. The fourth-order valence-corrected chi connectivity index (χ4v) is 1.78. The molecule has 21 heavy (non-hydrogen) atoms. The smallest absolute Gasteiger partial charge is 0.338 e. The number of esters is 1. The standard InChI is InChI=1S/C14H18N4O3/c1-4-20-12-6-10(5-11(15)7-12)14(19)21-8-13-17-16-9(2)18(13)3/h5-7H,4,8,15H2,1-3H3. The minimum Gasteiger partial charge on any atom is -0.494 e. The zero-order valence-electron chi connectivity index (χ0n) is 12.3. The molecule has 0 aliphatic heterocycles. The van der Waals surface area contributed by atoms with E-state index in [0.717, 1.165) is 5.82 Å². The number of aryl methyl sites for hydroxylation is 1. The zero-order chi connectivity index (χ0) is 15.4.